The molecule has 3 aromatic rings. The van der Waals surface area contributed by atoms with Gasteiger partial charge in [0.05, 0.1) is 11.9 Å². The number of rotatable bonds is 3. The van der Waals surface area contributed by atoms with Crippen molar-refractivity contribution in [2.75, 3.05) is 18.0 Å². The van der Waals surface area contributed by atoms with Gasteiger partial charge in [-0.2, -0.15) is 4.98 Å². The highest BCUT2D eigenvalue weighted by atomic mass is 19.1. The van der Waals surface area contributed by atoms with Crippen molar-refractivity contribution in [3.05, 3.63) is 36.4 Å². The quantitative estimate of drug-likeness (QED) is 0.725. The van der Waals surface area contributed by atoms with Crippen LogP contribution in [0.1, 0.15) is 43.3 Å². The van der Waals surface area contributed by atoms with E-state index in [-0.39, 0.29) is 12.4 Å². The van der Waals surface area contributed by atoms with Crippen molar-refractivity contribution in [2.24, 2.45) is 0 Å². The van der Waals surface area contributed by atoms with Crippen molar-refractivity contribution in [2.45, 2.75) is 37.3 Å². The smallest absolute Gasteiger partial charge is 0.266 e. The number of nitrogens with zero attached hydrogens (tertiary/aromatic N) is 6. The zero-order chi connectivity index (χ0) is 16.9. The van der Waals surface area contributed by atoms with Crippen LogP contribution in [-0.2, 0) is 5.67 Å². The maximum atomic E-state index is 15.5. The van der Waals surface area contributed by atoms with Crippen molar-refractivity contribution in [1.82, 2.24) is 25.1 Å². The van der Waals surface area contributed by atoms with Crippen molar-refractivity contribution in [3.63, 3.8) is 0 Å². The number of hydrogen-bond acceptors (Lipinski definition) is 7. The van der Waals surface area contributed by atoms with Crippen LogP contribution in [0.4, 0.5) is 10.2 Å². The minimum absolute atomic E-state index is 0.0911. The second-order valence-corrected chi connectivity index (χ2v) is 6.79. The predicted molar refractivity (Wildman–Crippen MR) is 87.8 cm³/mol. The molecular weight excluding hydrogens is 323 g/mol. The molecule has 1 aliphatic heterocycles. The fraction of sp³-hybridized carbons (Fsp3) is 0.471. The summed E-state index contributed by atoms with van der Waals surface area (Å²) >= 11 is 0. The molecule has 0 spiro atoms. The molecule has 1 atom stereocenters. The Bertz CT molecular complexity index is 921. The second kappa shape index (κ2) is 5.44. The molecule has 0 bridgehead atoms. The lowest BCUT2D eigenvalue weighted by atomic mass is 9.85. The van der Waals surface area contributed by atoms with Crippen molar-refractivity contribution in [3.8, 4) is 0 Å². The standard InChI is InChI=1S/C17H17FN6O/c18-17(16-22-13(23-25-16)11-3-1-4-11)6-8-24(9-17)15-12-5-2-7-19-14(12)20-10-21-15/h2,5,7,10-11H,1,3-4,6,8-9H2. The normalized spacial score (nSPS) is 24.0. The van der Waals surface area contributed by atoms with Gasteiger partial charge in [-0.25, -0.2) is 19.3 Å². The summed E-state index contributed by atoms with van der Waals surface area (Å²) in [7, 11) is 0. The summed E-state index contributed by atoms with van der Waals surface area (Å²) < 4.78 is 20.8. The molecule has 1 aliphatic carbocycles. The molecular formula is C17H17FN6O. The van der Waals surface area contributed by atoms with Crippen LogP contribution in [0, 0.1) is 0 Å². The summed E-state index contributed by atoms with van der Waals surface area (Å²) in [5.74, 6) is 1.76. The lowest BCUT2D eigenvalue weighted by Gasteiger charge is -2.21. The number of aromatic nitrogens is 5. The fourth-order valence-corrected chi connectivity index (χ4v) is 3.51. The molecule has 5 rings (SSSR count). The highest BCUT2D eigenvalue weighted by Crippen LogP contribution is 2.40. The van der Waals surface area contributed by atoms with Gasteiger partial charge < -0.3 is 9.42 Å². The van der Waals surface area contributed by atoms with Gasteiger partial charge in [-0.1, -0.05) is 11.6 Å². The van der Waals surface area contributed by atoms with E-state index in [1.807, 2.05) is 17.0 Å². The third kappa shape index (κ3) is 2.35. The van der Waals surface area contributed by atoms with E-state index in [2.05, 4.69) is 25.1 Å². The Balaban J connectivity index is 1.44. The summed E-state index contributed by atoms with van der Waals surface area (Å²) in [4.78, 5) is 19.0. The minimum atomic E-state index is -1.64. The first-order valence-electron chi connectivity index (χ1n) is 8.57. The van der Waals surface area contributed by atoms with Gasteiger partial charge in [0.2, 0.25) is 5.67 Å². The second-order valence-electron chi connectivity index (χ2n) is 6.79. The topological polar surface area (TPSA) is 80.8 Å². The molecule has 7 nitrogen and oxygen atoms in total. The van der Waals surface area contributed by atoms with E-state index >= 15 is 4.39 Å². The molecule has 1 saturated heterocycles. The molecule has 128 valence electrons. The lowest BCUT2D eigenvalue weighted by Crippen LogP contribution is -2.28. The average Bonchev–Trinajstić information content (AvgIpc) is 3.21. The molecule has 1 unspecified atom stereocenters. The van der Waals surface area contributed by atoms with Gasteiger partial charge in [0.1, 0.15) is 12.1 Å². The molecule has 1 saturated carbocycles. The third-order valence-corrected chi connectivity index (χ3v) is 5.20. The molecule has 0 N–H and O–H groups in total. The number of halogens is 1. The van der Waals surface area contributed by atoms with Gasteiger partial charge in [-0.3, -0.25) is 0 Å². The summed E-state index contributed by atoms with van der Waals surface area (Å²) in [6, 6.07) is 3.73. The van der Waals surface area contributed by atoms with Crippen molar-refractivity contribution in [1.29, 1.82) is 0 Å². The molecule has 0 aromatic carbocycles. The largest absolute Gasteiger partial charge is 0.352 e. The third-order valence-electron chi connectivity index (χ3n) is 5.20. The van der Waals surface area contributed by atoms with Crippen molar-refractivity contribution < 1.29 is 8.91 Å². The number of pyridine rings is 1. The molecule has 4 heterocycles. The van der Waals surface area contributed by atoms with Crippen LogP contribution in [-0.4, -0.2) is 38.2 Å². The molecule has 0 radical (unpaired) electrons. The first-order valence-corrected chi connectivity index (χ1v) is 8.57. The van der Waals surface area contributed by atoms with E-state index < -0.39 is 5.67 Å². The monoisotopic (exact) mass is 340 g/mol. The van der Waals surface area contributed by atoms with Gasteiger partial charge in [0.25, 0.3) is 5.89 Å². The Morgan fingerprint density at radius 2 is 2.16 bits per heavy atom. The molecule has 8 heteroatoms. The Hall–Kier alpha value is -2.64. The van der Waals surface area contributed by atoms with Crippen LogP contribution in [0.5, 0.6) is 0 Å². The molecule has 3 aromatic heterocycles. The fourth-order valence-electron chi connectivity index (χ4n) is 3.51. The van der Waals surface area contributed by atoms with E-state index in [1.54, 1.807) is 6.20 Å². The number of hydrogen-bond donors (Lipinski definition) is 0. The Morgan fingerprint density at radius 3 is 3.00 bits per heavy atom. The summed E-state index contributed by atoms with van der Waals surface area (Å²) in [6.07, 6.45) is 6.74. The highest BCUT2D eigenvalue weighted by Gasteiger charge is 2.46. The summed E-state index contributed by atoms with van der Waals surface area (Å²) in [5.41, 5.74) is -1.04. The predicted octanol–water partition coefficient (Wildman–Crippen LogP) is 2.75. The van der Waals surface area contributed by atoms with E-state index in [9.17, 15) is 0 Å². The van der Waals surface area contributed by atoms with Gasteiger partial charge in [-0.05, 0) is 25.0 Å². The minimum Gasteiger partial charge on any atom is -0.352 e. The zero-order valence-electron chi connectivity index (χ0n) is 13.6. The van der Waals surface area contributed by atoms with Crippen LogP contribution in [0.25, 0.3) is 11.0 Å². The van der Waals surface area contributed by atoms with E-state index in [0.29, 0.717) is 36.2 Å². The molecule has 2 aliphatic rings. The van der Waals surface area contributed by atoms with Crippen LogP contribution in [0.2, 0.25) is 0 Å². The first kappa shape index (κ1) is 14.7. The molecule has 2 fully saturated rings. The number of anilines is 1. The lowest BCUT2D eigenvalue weighted by molar-refractivity contribution is 0.135. The summed E-state index contributed by atoms with van der Waals surface area (Å²) in [5, 5.41) is 4.81. The Kier molecular flexibility index (Phi) is 3.19. The summed E-state index contributed by atoms with van der Waals surface area (Å²) in [6.45, 7) is 0.666. The molecule has 25 heavy (non-hydrogen) atoms. The van der Waals surface area contributed by atoms with Crippen molar-refractivity contribution >= 4 is 16.9 Å². The Labute approximate surface area is 143 Å². The van der Waals surface area contributed by atoms with Gasteiger partial charge in [-0.15, -0.1) is 0 Å². The SMILES string of the molecule is FC1(c2nc(C3CCC3)no2)CCN(c2ncnc3ncccc23)C1. The van der Waals surface area contributed by atoms with Gasteiger partial charge in [0.15, 0.2) is 11.5 Å². The number of alkyl halides is 1. The van der Waals surface area contributed by atoms with Gasteiger partial charge in [0, 0.05) is 25.1 Å². The number of fused-ring (bicyclic) bond motifs is 1. The van der Waals surface area contributed by atoms with E-state index in [0.717, 1.165) is 18.2 Å². The van der Waals surface area contributed by atoms with E-state index in [1.165, 1.54) is 12.7 Å². The van der Waals surface area contributed by atoms with E-state index in [4.69, 9.17) is 4.52 Å². The maximum Gasteiger partial charge on any atom is 0.266 e. The maximum absolute atomic E-state index is 15.5. The first-order chi connectivity index (χ1) is 12.2. The highest BCUT2D eigenvalue weighted by molar-refractivity contribution is 5.86. The van der Waals surface area contributed by atoms with Crippen LogP contribution >= 0.6 is 0 Å². The van der Waals surface area contributed by atoms with Gasteiger partial charge >= 0.3 is 0 Å². The molecule has 0 amide bonds. The Morgan fingerprint density at radius 1 is 1.24 bits per heavy atom. The van der Waals surface area contributed by atoms with Crippen LogP contribution in [0.15, 0.2) is 29.2 Å². The van der Waals surface area contributed by atoms with Crippen LogP contribution < -0.4 is 4.90 Å². The average molecular weight is 340 g/mol. The van der Waals surface area contributed by atoms with Crippen LogP contribution in [0.3, 0.4) is 0 Å². The zero-order valence-corrected chi connectivity index (χ0v) is 13.6.